The first-order valence-electron chi connectivity index (χ1n) is 8.70. The molecule has 0 radical (unpaired) electrons. The third-order valence-corrected chi connectivity index (χ3v) is 4.71. The molecule has 0 saturated heterocycles. The molecule has 3 unspecified atom stereocenters. The Morgan fingerprint density at radius 1 is 1.00 bits per heavy atom. The number of hydrogen-bond donors (Lipinski definition) is 1. The zero-order chi connectivity index (χ0) is 14.1. The summed E-state index contributed by atoms with van der Waals surface area (Å²) in [7, 11) is 0. The van der Waals surface area contributed by atoms with Gasteiger partial charge < -0.3 is 10.2 Å². The van der Waals surface area contributed by atoms with Crippen molar-refractivity contribution in [3.05, 3.63) is 0 Å². The first-order valence-corrected chi connectivity index (χ1v) is 8.70. The van der Waals surface area contributed by atoms with E-state index in [1.807, 2.05) is 0 Å². The Labute approximate surface area is 121 Å². The van der Waals surface area contributed by atoms with Crippen LogP contribution in [0.2, 0.25) is 0 Å². The summed E-state index contributed by atoms with van der Waals surface area (Å²) < 4.78 is 0. The summed E-state index contributed by atoms with van der Waals surface area (Å²) in [5, 5.41) is 3.74. The number of nitrogens with one attached hydrogen (secondary N) is 1. The van der Waals surface area contributed by atoms with Crippen LogP contribution in [-0.2, 0) is 0 Å². The van der Waals surface area contributed by atoms with Crippen LogP contribution in [0.3, 0.4) is 0 Å². The fourth-order valence-corrected chi connectivity index (χ4v) is 3.72. The van der Waals surface area contributed by atoms with Crippen LogP contribution < -0.4 is 5.32 Å². The lowest BCUT2D eigenvalue weighted by Crippen LogP contribution is -2.46. The molecule has 1 aliphatic carbocycles. The predicted molar refractivity (Wildman–Crippen MR) is 85.6 cm³/mol. The van der Waals surface area contributed by atoms with Crippen LogP contribution in [0.1, 0.15) is 66.2 Å². The molecule has 1 rings (SSSR count). The van der Waals surface area contributed by atoms with Gasteiger partial charge in [0.1, 0.15) is 0 Å². The van der Waals surface area contributed by atoms with Gasteiger partial charge >= 0.3 is 0 Å². The Kier molecular flexibility index (Phi) is 8.72. The molecular weight excluding hydrogens is 232 g/mol. The zero-order valence-corrected chi connectivity index (χ0v) is 13.8. The fourth-order valence-electron chi connectivity index (χ4n) is 3.72. The molecule has 0 spiro atoms. The van der Waals surface area contributed by atoms with Crippen molar-refractivity contribution in [2.45, 2.75) is 72.3 Å². The van der Waals surface area contributed by atoms with Gasteiger partial charge in [-0.3, -0.25) is 0 Å². The smallest absolute Gasteiger partial charge is 0.0108 e. The summed E-state index contributed by atoms with van der Waals surface area (Å²) in [6.07, 6.45) is 8.22. The highest BCUT2D eigenvalue weighted by Crippen LogP contribution is 2.32. The molecule has 2 nitrogen and oxygen atoms in total. The van der Waals surface area contributed by atoms with Crippen molar-refractivity contribution in [1.82, 2.24) is 10.2 Å². The molecule has 0 aliphatic heterocycles. The Bertz CT molecular complexity index is 211. The van der Waals surface area contributed by atoms with E-state index in [4.69, 9.17) is 0 Å². The predicted octanol–water partition coefficient (Wildman–Crippen LogP) is 3.91. The van der Waals surface area contributed by atoms with Crippen LogP contribution in [0.4, 0.5) is 0 Å². The molecule has 2 heteroatoms. The van der Waals surface area contributed by atoms with E-state index in [0.717, 1.165) is 24.4 Å². The highest BCUT2D eigenvalue weighted by atomic mass is 15.1. The van der Waals surface area contributed by atoms with Crippen molar-refractivity contribution in [2.75, 3.05) is 26.2 Å². The molecule has 0 aromatic rings. The summed E-state index contributed by atoms with van der Waals surface area (Å²) >= 11 is 0. The molecule has 114 valence electrons. The average molecular weight is 268 g/mol. The molecule has 0 aromatic carbocycles. The second-order valence-corrected chi connectivity index (χ2v) is 6.31. The van der Waals surface area contributed by atoms with Crippen molar-refractivity contribution < 1.29 is 0 Å². The first kappa shape index (κ1) is 17.0. The van der Waals surface area contributed by atoms with Gasteiger partial charge in [-0.25, -0.2) is 0 Å². The fraction of sp³-hybridized carbons (Fsp3) is 1.00. The van der Waals surface area contributed by atoms with E-state index in [9.17, 15) is 0 Å². The van der Waals surface area contributed by atoms with E-state index in [2.05, 4.69) is 37.9 Å². The maximum atomic E-state index is 3.74. The summed E-state index contributed by atoms with van der Waals surface area (Å²) in [6.45, 7) is 14.2. The molecular formula is C17H36N2. The molecule has 0 heterocycles. The highest BCUT2D eigenvalue weighted by molar-refractivity contribution is 4.86. The van der Waals surface area contributed by atoms with Crippen molar-refractivity contribution >= 4 is 0 Å². The van der Waals surface area contributed by atoms with Gasteiger partial charge in [0.05, 0.1) is 0 Å². The van der Waals surface area contributed by atoms with Crippen LogP contribution in [0.25, 0.3) is 0 Å². The van der Waals surface area contributed by atoms with Gasteiger partial charge in [0.15, 0.2) is 0 Å². The SMILES string of the molecule is CCCN(CCC)CC1CC(CC)CCC1NCC. The minimum atomic E-state index is 0.768. The molecule has 1 saturated carbocycles. The molecule has 3 atom stereocenters. The summed E-state index contributed by atoms with van der Waals surface area (Å²) in [5.41, 5.74) is 0. The van der Waals surface area contributed by atoms with Gasteiger partial charge in [0.25, 0.3) is 0 Å². The van der Waals surface area contributed by atoms with Gasteiger partial charge in [0, 0.05) is 12.6 Å². The number of hydrogen-bond acceptors (Lipinski definition) is 2. The Morgan fingerprint density at radius 2 is 1.68 bits per heavy atom. The Balaban J connectivity index is 2.55. The molecule has 19 heavy (non-hydrogen) atoms. The van der Waals surface area contributed by atoms with Gasteiger partial charge in [-0.1, -0.05) is 34.1 Å². The minimum absolute atomic E-state index is 0.768. The number of rotatable bonds is 9. The lowest BCUT2D eigenvalue weighted by atomic mass is 9.76. The van der Waals surface area contributed by atoms with Gasteiger partial charge in [0.2, 0.25) is 0 Å². The van der Waals surface area contributed by atoms with Crippen LogP contribution >= 0.6 is 0 Å². The summed E-state index contributed by atoms with van der Waals surface area (Å²) in [6, 6.07) is 0.768. The van der Waals surface area contributed by atoms with Crippen LogP contribution in [-0.4, -0.2) is 37.1 Å². The largest absolute Gasteiger partial charge is 0.314 e. The monoisotopic (exact) mass is 268 g/mol. The third kappa shape index (κ3) is 5.83. The molecule has 0 aromatic heterocycles. The first-order chi connectivity index (χ1) is 9.24. The summed E-state index contributed by atoms with van der Waals surface area (Å²) in [5.74, 6) is 1.85. The van der Waals surface area contributed by atoms with E-state index in [-0.39, 0.29) is 0 Å². The van der Waals surface area contributed by atoms with Crippen LogP contribution in [0.5, 0.6) is 0 Å². The van der Waals surface area contributed by atoms with Gasteiger partial charge in [-0.2, -0.15) is 0 Å². The topological polar surface area (TPSA) is 15.3 Å². The quantitative estimate of drug-likeness (QED) is 0.682. The highest BCUT2D eigenvalue weighted by Gasteiger charge is 2.30. The van der Waals surface area contributed by atoms with Crippen LogP contribution in [0.15, 0.2) is 0 Å². The Morgan fingerprint density at radius 3 is 2.21 bits per heavy atom. The minimum Gasteiger partial charge on any atom is -0.314 e. The molecule has 0 amide bonds. The number of nitrogens with zero attached hydrogens (tertiary/aromatic N) is 1. The van der Waals surface area contributed by atoms with E-state index in [1.165, 1.54) is 58.2 Å². The van der Waals surface area contributed by atoms with Crippen molar-refractivity contribution in [2.24, 2.45) is 11.8 Å². The average Bonchev–Trinajstić information content (AvgIpc) is 2.41. The normalized spacial score (nSPS) is 27.9. The van der Waals surface area contributed by atoms with E-state index in [1.54, 1.807) is 0 Å². The molecule has 1 N–H and O–H groups in total. The van der Waals surface area contributed by atoms with Crippen molar-refractivity contribution in [1.29, 1.82) is 0 Å². The van der Waals surface area contributed by atoms with E-state index < -0.39 is 0 Å². The maximum Gasteiger partial charge on any atom is 0.0108 e. The van der Waals surface area contributed by atoms with Crippen molar-refractivity contribution in [3.8, 4) is 0 Å². The lowest BCUT2D eigenvalue weighted by Gasteiger charge is -2.39. The molecule has 0 bridgehead atoms. The Hall–Kier alpha value is -0.0800. The summed E-state index contributed by atoms with van der Waals surface area (Å²) in [4.78, 5) is 2.70. The second kappa shape index (κ2) is 9.77. The molecule has 1 aliphatic rings. The van der Waals surface area contributed by atoms with E-state index >= 15 is 0 Å². The van der Waals surface area contributed by atoms with Crippen molar-refractivity contribution in [3.63, 3.8) is 0 Å². The van der Waals surface area contributed by atoms with Gasteiger partial charge in [-0.15, -0.1) is 0 Å². The van der Waals surface area contributed by atoms with E-state index in [0.29, 0.717) is 0 Å². The third-order valence-electron chi connectivity index (χ3n) is 4.71. The lowest BCUT2D eigenvalue weighted by molar-refractivity contribution is 0.138. The molecule has 1 fully saturated rings. The second-order valence-electron chi connectivity index (χ2n) is 6.31. The zero-order valence-electron chi connectivity index (χ0n) is 13.8. The standard InChI is InChI=1S/C17H36N2/c1-5-11-19(12-6-2)14-16-13-15(7-3)9-10-17(16)18-8-4/h15-18H,5-14H2,1-4H3. The van der Waals surface area contributed by atoms with Crippen LogP contribution in [0, 0.1) is 11.8 Å². The maximum absolute atomic E-state index is 3.74. The van der Waals surface area contributed by atoms with Gasteiger partial charge in [-0.05, 0) is 63.6 Å².